The Balaban J connectivity index is 0.000000989. The van der Waals surface area contributed by atoms with Crippen LogP contribution in [-0.2, 0) is 9.59 Å². The summed E-state index contributed by atoms with van der Waals surface area (Å²) >= 11 is 5.72. The van der Waals surface area contributed by atoms with Gasteiger partial charge < -0.3 is 19.8 Å². The summed E-state index contributed by atoms with van der Waals surface area (Å²) in [5.74, 6) is -1.27. The van der Waals surface area contributed by atoms with E-state index in [9.17, 15) is 13.6 Å². The van der Waals surface area contributed by atoms with Crippen LogP contribution in [0.3, 0.4) is 0 Å². The molecule has 0 aromatic heterocycles. The van der Waals surface area contributed by atoms with E-state index in [1.165, 1.54) is 30.3 Å². The SMILES string of the molecule is C=O.C=O.O=C(Nc1ccc(F)c(Cl)c1)c1ccc(F)c(N2CCCCCC2)c1. The van der Waals surface area contributed by atoms with Crippen LogP contribution >= 0.6 is 11.6 Å². The molecule has 2 aromatic carbocycles. The highest BCUT2D eigenvalue weighted by Crippen LogP contribution is 2.25. The van der Waals surface area contributed by atoms with Gasteiger partial charge in [0.1, 0.15) is 25.2 Å². The van der Waals surface area contributed by atoms with Gasteiger partial charge in [0.2, 0.25) is 0 Å². The zero-order valence-corrected chi connectivity index (χ0v) is 16.7. The van der Waals surface area contributed by atoms with Crippen molar-refractivity contribution in [3.8, 4) is 0 Å². The number of carbonyl (C=O) groups excluding carboxylic acids is 3. The predicted octanol–water partition coefficient (Wildman–Crippen LogP) is 4.88. The predicted molar refractivity (Wildman–Crippen MR) is 111 cm³/mol. The number of benzene rings is 2. The summed E-state index contributed by atoms with van der Waals surface area (Å²) in [6.45, 7) is 5.57. The van der Waals surface area contributed by atoms with Gasteiger partial charge in [0.05, 0.1) is 10.7 Å². The van der Waals surface area contributed by atoms with Crippen LogP contribution in [-0.4, -0.2) is 32.6 Å². The fourth-order valence-corrected chi connectivity index (χ4v) is 3.17. The standard InChI is InChI=1S/C19H19ClF2N2O.2CH2O/c20-15-12-14(6-8-16(15)21)23-19(25)13-5-7-17(22)18(11-13)24-9-3-1-2-4-10-24;2*1-2/h5-8,11-12H,1-4,9-10H2,(H,23,25);2*1H2. The van der Waals surface area contributed by atoms with Crippen LogP contribution in [0.25, 0.3) is 0 Å². The number of nitrogens with zero attached hydrogens (tertiary/aromatic N) is 1. The molecule has 5 nitrogen and oxygen atoms in total. The van der Waals surface area contributed by atoms with Crippen molar-refractivity contribution in [1.82, 2.24) is 0 Å². The second-order valence-corrected chi connectivity index (χ2v) is 6.56. The molecule has 0 saturated carbocycles. The van der Waals surface area contributed by atoms with Crippen molar-refractivity contribution < 1.29 is 23.2 Å². The molecule has 156 valence electrons. The van der Waals surface area contributed by atoms with Gasteiger partial charge in [0.25, 0.3) is 5.91 Å². The number of hydrogen-bond donors (Lipinski definition) is 1. The average Bonchev–Trinajstić information content (AvgIpc) is 3.03. The van der Waals surface area contributed by atoms with Gasteiger partial charge in [0, 0.05) is 24.3 Å². The van der Waals surface area contributed by atoms with E-state index in [1.54, 1.807) is 6.07 Å². The largest absolute Gasteiger partial charge is 0.369 e. The average molecular weight is 425 g/mol. The highest BCUT2D eigenvalue weighted by molar-refractivity contribution is 6.31. The van der Waals surface area contributed by atoms with E-state index in [-0.39, 0.29) is 10.8 Å². The Morgan fingerprint density at radius 1 is 0.897 bits per heavy atom. The maximum Gasteiger partial charge on any atom is 0.255 e. The molecule has 8 heteroatoms. The lowest BCUT2D eigenvalue weighted by atomic mass is 10.1. The van der Waals surface area contributed by atoms with Crippen molar-refractivity contribution in [3.63, 3.8) is 0 Å². The van der Waals surface area contributed by atoms with Gasteiger partial charge in [-0.2, -0.15) is 0 Å². The molecular formula is C21H23ClF2N2O3. The number of carbonyl (C=O) groups is 3. The molecule has 1 fully saturated rings. The molecule has 29 heavy (non-hydrogen) atoms. The van der Waals surface area contributed by atoms with Gasteiger partial charge in [-0.05, 0) is 49.2 Å². The van der Waals surface area contributed by atoms with E-state index in [0.29, 0.717) is 16.9 Å². The third-order valence-electron chi connectivity index (χ3n) is 4.33. The van der Waals surface area contributed by atoms with Crippen LogP contribution in [0.1, 0.15) is 36.0 Å². The third-order valence-corrected chi connectivity index (χ3v) is 4.62. The summed E-state index contributed by atoms with van der Waals surface area (Å²) in [6.07, 6.45) is 4.32. The van der Waals surface area contributed by atoms with E-state index < -0.39 is 11.7 Å². The van der Waals surface area contributed by atoms with E-state index >= 15 is 0 Å². The molecule has 3 rings (SSSR count). The highest BCUT2D eigenvalue weighted by Gasteiger charge is 2.17. The van der Waals surface area contributed by atoms with E-state index in [4.69, 9.17) is 21.2 Å². The zero-order valence-electron chi connectivity index (χ0n) is 15.9. The lowest BCUT2D eigenvalue weighted by Gasteiger charge is -2.23. The molecule has 1 aliphatic rings. The zero-order chi connectivity index (χ0) is 21.8. The molecule has 0 bridgehead atoms. The highest BCUT2D eigenvalue weighted by atomic mass is 35.5. The summed E-state index contributed by atoms with van der Waals surface area (Å²) in [5, 5.41) is 2.59. The lowest BCUT2D eigenvalue weighted by Crippen LogP contribution is -2.25. The van der Waals surface area contributed by atoms with Gasteiger partial charge in [-0.1, -0.05) is 24.4 Å². The molecule has 2 aromatic rings. The maximum absolute atomic E-state index is 14.2. The minimum atomic E-state index is -0.551. The summed E-state index contributed by atoms with van der Waals surface area (Å²) in [5.41, 5.74) is 1.19. The molecule has 0 spiro atoms. The van der Waals surface area contributed by atoms with Crippen molar-refractivity contribution >= 4 is 42.5 Å². The Labute approximate surface area is 173 Å². The van der Waals surface area contributed by atoms with Crippen LogP contribution in [0.15, 0.2) is 36.4 Å². The Kier molecular flexibility index (Phi) is 10.5. The molecular weight excluding hydrogens is 402 g/mol. The Morgan fingerprint density at radius 2 is 1.48 bits per heavy atom. The van der Waals surface area contributed by atoms with Gasteiger partial charge in [-0.25, -0.2) is 8.78 Å². The van der Waals surface area contributed by atoms with Crippen molar-refractivity contribution in [3.05, 3.63) is 58.6 Å². The van der Waals surface area contributed by atoms with Crippen molar-refractivity contribution in [2.45, 2.75) is 25.7 Å². The molecule has 0 radical (unpaired) electrons. The molecule has 1 N–H and O–H groups in total. The number of hydrogen-bond acceptors (Lipinski definition) is 4. The maximum atomic E-state index is 14.2. The number of halogens is 3. The smallest absolute Gasteiger partial charge is 0.255 e. The monoisotopic (exact) mass is 424 g/mol. The number of rotatable bonds is 3. The fourth-order valence-electron chi connectivity index (χ4n) is 2.98. The van der Waals surface area contributed by atoms with Crippen LogP contribution in [0.4, 0.5) is 20.2 Å². The molecule has 0 atom stereocenters. The topological polar surface area (TPSA) is 66.5 Å². The minimum absolute atomic E-state index is 0.0674. The van der Waals surface area contributed by atoms with Crippen molar-refractivity contribution in [1.29, 1.82) is 0 Å². The summed E-state index contributed by atoms with van der Waals surface area (Å²) < 4.78 is 27.4. The van der Waals surface area contributed by atoms with Gasteiger partial charge in [0.15, 0.2) is 0 Å². The van der Waals surface area contributed by atoms with Crippen LogP contribution in [0.5, 0.6) is 0 Å². The van der Waals surface area contributed by atoms with Crippen molar-refractivity contribution in [2.24, 2.45) is 0 Å². The molecule has 0 aliphatic carbocycles. The van der Waals surface area contributed by atoms with E-state index in [1.807, 2.05) is 18.5 Å². The minimum Gasteiger partial charge on any atom is -0.369 e. The first kappa shape index (κ1) is 24.2. The lowest BCUT2D eigenvalue weighted by molar-refractivity contribution is -0.0987. The fraction of sp³-hybridized carbons (Fsp3) is 0.286. The van der Waals surface area contributed by atoms with Crippen molar-refractivity contribution in [2.75, 3.05) is 23.3 Å². The second-order valence-electron chi connectivity index (χ2n) is 6.15. The van der Waals surface area contributed by atoms with E-state index in [2.05, 4.69) is 5.32 Å². The molecule has 1 amide bonds. The normalized spacial score (nSPS) is 13.1. The number of amides is 1. The third kappa shape index (κ3) is 6.94. The van der Waals surface area contributed by atoms with Gasteiger partial charge in [-0.3, -0.25) is 4.79 Å². The molecule has 1 heterocycles. The quantitative estimate of drug-likeness (QED) is 0.762. The first-order valence-corrected chi connectivity index (χ1v) is 9.31. The Morgan fingerprint density at radius 3 is 2.07 bits per heavy atom. The number of anilines is 2. The Hall–Kier alpha value is -2.80. The molecule has 0 unspecified atom stereocenters. The summed E-state index contributed by atoms with van der Waals surface area (Å²) in [4.78, 5) is 30.4. The first-order valence-electron chi connectivity index (χ1n) is 8.93. The Bertz CT molecular complexity index is 811. The first-order chi connectivity index (χ1) is 14.0. The van der Waals surface area contributed by atoms with Crippen LogP contribution in [0, 0.1) is 11.6 Å². The van der Waals surface area contributed by atoms with Gasteiger partial charge >= 0.3 is 0 Å². The van der Waals surface area contributed by atoms with E-state index in [0.717, 1.165) is 38.8 Å². The van der Waals surface area contributed by atoms with Gasteiger partial charge in [-0.15, -0.1) is 0 Å². The van der Waals surface area contributed by atoms with Crippen LogP contribution in [0.2, 0.25) is 5.02 Å². The molecule has 1 aliphatic heterocycles. The second kappa shape index (κ2) is 12.6. The summed E-state index contributed by atoms with van der Waals surface area (Å²) in [7, 11) is 0. The number of nitrogens with one attached hydrogen (secondary N) is 1. The molecule has 1 saturated heterocycles. The summed E-state index contributed by atoms with van der Waals surface area (Å²) in [6, 6.07) is 8.28. The van der Waals surface area contributed by atoms with Crippen LogP contribution < -0.4 is 10.2 Å².